The quantitative estimate of drug-likeness (QED) is 0.760. The highest BCUT2D eigenvalue weighted by molar-refractivity contribution is 5.94. The van der Waals surface area contributed by atoms with Gasteiger partial charge >= 0.3 is 5.97 Å². The number of nitrogens with zero attached hydrogens (tertiary/aromatic N) is 1. The van der Waals surface area contributed by atoms with Crippen LogP contribution in [0.1, 0.15) is 47.3 Å². The SMILES string of the molecule is Cc1cc(C)c(C(=O)O)c(NCCCC2CC2)n1. The highest BCUT2D eigenvalue weighted by atomic mass is 16.4. The second-order valence-electron chi connectivity index (χ2n) is 5.12. The molecule has 1 saturated carbocycles. The van der Waals surface area contributed by atoms with Crippen molar-refractivity contribution in [1.82, 2.24) is 4.98 Å². The Morgan fingerprint density at radius 3 is 2.83 bits per heavy atom. The molecule has 1 aliphatic rings. The lowest BCUT2D eigenvalue weighted by atomic mass is 10.1. The zero-order valence-electron chi connectivity index (χ0n) is 11.0. The van der Waals surface area contributed by atoms with E-state index in [0.29, 0.717) is 11.4 Å². The van der Waals surface area contributed by atoms with E-state index in [1.54, 1.807) is 6.07 Å². The minimum Gasteiger partial charge on any atom is -0.478 e. The normalized spacial score (nSPS) is 14.6. The van der Waals surface area contributed by atoms with E-state index in [1.807, 2.05) is 13.8 Å². The summed E-state index contributed by atoms with van der Waals surface area (Å²) in [6.45, 7) is 4.49. The van der Waals surface area contributed by atoms with E-state index < -0.39 is 5.97 Å². The fraction of sp³-hybridized carbons (Fsp3) is 0.571. The van der Waals surface area contributed by atoms with Gasteiger partial charge in [0, 0.05) is 12.2 Å². The molecule has 1 aromatic heterocycles. The van der Waals surface area contributed by atoms with Crippen LogP contribution in [0.3, 0.4) is 0 Å². The Kier molecular flexibility index (Phi) is 3.84. The number of hydrogen-bond donors (Lipinski definition) is 2. The van der Waals surface area contributed by atoms with Gasteiger partial charge in [-0.25, -0.2) is 9.78 Å². The topological polar surface area (TPSA) is 62.2 Å². The van der Waals surface area contributed by atoms with Gasteiger partial charge in [-0.05, 0) is 44.2 Å². The molecular weight excluding hydrogens is 228 g/mol. The predicted molar refractivity (Wildman–Crippen MR) is 71.1 cm³/mol. The van der Waals surface area contributed by atoms with Crippen LogP contribution in [0.15, 0.2) is 6.07 Å². The van der Waals surface area contributed by atoms with Gasteiger partial charge in [0.05, 0.1) is 0 Å². The molecule has 0 aliphatic heterocycles. The molecule has 1 aliphatic carbocycles. The first-order valence-electron chi connectivity index (χ1n) is 6.53. The Balaban J connectivity index is 2.02. The Morgan fingerprint density at radius 1 is 1.50 bits per heavy atom. The highest BCUT2D eigenvalue weighted by Crippen LogP contribution is 2.33. The van der Waals surface area contributed by atoms with Crippen molar-refractivity contribution in [2.24, 2.45) is 5.92 Å². The maximum atomic E-state index is 11.2. The van der Waals surface area contributed by atoms with Gasteiger partial charge in [0.25, 0.3) is 0 Å². The molecule has 0 aromatic carbocycles. The molecule has 98 valence electrons. The van der Waals surface area contributed by atoms with Crippen LogP contribution in [0, 0.1) is 19.8 Å². The zero-order chi connectivity index (χ0) is 13.1. The number of carboxylic acids is 1. The van der Waals surface area contributed by atoms with Crippen molar-refractivity contribution in [3.63, 3.8) is 0 Å². The molecule has 0 bridgehead atoms. The maximum Gasteiger partial charge on any atom is 0.339 e. The van der Waals surface area contributed by atoms with E-state index in [0.717, 1.165) is 30.1 Å². The van der Waals surface area contributed by atoms with Crippen molar-refractivity contribution in [1.29, 1.82) is 0 Å². The number of nitrogens with one attached hydrogen (secondary N) is 1. The molecule has 18 heavy (non-hydrogen) atoms. The number of rotatable bonds is 6. The van der Waals surface area contributed by atoms with Crippen LogP contribution in [0.25, 0.3) is 0 Å². The molecule has 0 unspecified atom stereocenters. The van der Waals surface area contributed by atoms with E-state index in [1.165, 1.54) is 19.3 Å². The van der Waals surface area contributed by atoms with Gasteiger partial charge < -0.3 is 10.4 Å². The lowest BCUT2D eigenvalue weighted by Crippen LogP contribution is -2.12. The average Bonchev–Trinajstić information content (AvgIpc) is 3.06. The molecule has 0 amide bonds. The molecule has 1 heterocycles. The Hall–Kier alpha value is -1.58. The molecule has 2 N–H and O–H groups in total. The van der Waals surface area contributed by atoms with Gasteiger partial charge in [-0.3, -0.25) is 0 Å². The summed E-state index contributed by atoms with van der Waals surface area (Å²) in [6, 6.07) is 1.80. The van der Waals surface area contributed by atoms with Crippen LogP contribution in [-0.2, 0) is 0 Å². The molecule has 4 heteroatoms. The first-order valence-corrected chi connectivity index (χ1v) is 6.53. The number of carboxylic acid groups (broad SMARTS) is 1. The third kappa shape index (κ3) is 3.22. The Labute approximate surface area is 107 Å². The number of aromatic nitrogens is 1. The fourth-order valence-corrected chi connectivity index (χ4v) is 2.24. The highest BCUT2D eigenvalue weighted by Gasteiger charge is 2.20. The van der Waals surface area contributed by atoms with E-state index in [-0.39, 0.29) is 0 Å². The van der Waals surface area contributed by atoms with Crippen LogP contribution < -0.4 is 5.32 Å². The molecule has 4 nitrogen and oxygen atoms in total. The van der Waals surface area contributed by atoms with Gasteiger partial charge in [-0.2, -0.15) is 0 Å². The van der Waals surface area contributed by atoms with E-state index in [2.05, 4.69) is 10.3 Å². The first-order chi connectivity index (χ1) is 8.58. The average molecular weight is 248 g/mol. The van der Waals surface area contributed by atoms with Crippen molar-refractivity contribution < 1.29 is 9.90 Å². The monoisotopic (exact) mass is 248 g/mol. The Morgan fingerprint density at radius 2 is 2.22 bits per heavy atom. The second-order valence-corrected chi connectivity index (χ2v) is 5.12. The number of carbonyl (C=O) groups is 1. The number of pyridine rings is 1. The van der Waals surface area contributed by atoms with Crippen LogP contribution >= 0.6 is 0 Å². The minimum absolute atomic E-state index is 0.298. The summed E-state index contributed by atoms with van der Waals surface area (Å²) in [5, 5.41) is 12.4. The third-order valence-electron chi connectivity index (χ3n) is 3.34. The standard InChI is InChI=1S/C14H20N2O2/c1-9-8-10(2)16-13(12(9)14(17)18)15-7-3-4-11-5-6-11/h8,11H,3-7H2,1-2H3,(H,15,16)(H,17,18). The molecule has 1 fully saturated rings. The maximum absolute atomic E-state index is 11.2. The molecular formula is C14H20N2O2. The number of anilines is 1. The molecule has 0 saturated heterocycles. The largest absolute Gasteiger partial charge is 0.478 e. The third-order valence-corrected chi connectivity index (χ3v) is 3.34. The fourth-order valence-electron chi connectivity index (χ4n) is 2.24. The van der Waals surface area contributed by atoms with Crippen LogP contribution in [0.4, 0.5) is 5.82 Å². The molecule has 0 radical (unpaired) electrons. The summed E-state index contributed by atoms with van der Waals surface area (Å²) < 4.78 is 0. The molecule has 1 aromatic rings. The molecule has 0 atom stereocenters. The zero-order valence-corrected chi connectivity index (χ0v) is 11.0. The van der Waals surface area contributed by atoms with Crippen LogP contribution in [-0.4, -0.2) is 22.6 Å². The number of aromatic carboxylic acids is 1. The molecule has 2 rings (SSSR count). The van der Waals surface area contributed by atoms with Gasteiger partial charge in [0.15, 0.2) is 0 Å². The van der Waals surface area contributed by atoms with Gasteiger partial charge in [-0.15, -0.1) is 0 Å². The van der Waals surface area contributed by atoms with Gasteiger partial charge in [-0.1, -0.05) is 12.8 Å². The summed E-state index contributed by atoms with van der Waals surface area (Å²) in [6.07, 6.45) is 5.04. The lowest BCUT2D eigenvalue weighted by Gasteiger charge is -2.11. The summed E-state index contributed by atoms with van der Waals surface area (Å²) in [5.41, 5.74) is 1.91. The lowest BCUT2D eigenvalue weighted by molar-refractivity contribution is 0.0697. The Bertz CT molecular complexity index is 453. The minimum atomic E-state index is -0.912. The van der Waals surface area contributed by atoms with Crippen LogP contribution in [0.5, 0.6) is 0 Å². The second kappa shape index (κ2) is 5.38. The van der Waals surface area contributed by atoms with Crippen molar-refractivity contribution in [3.8, 4) is 0 Å². The van der Waals surface area contributed by atoms with E-state index in [9.17, 15) is 9.90 Å². The predicted octanol–water partition coefficient (Wildman–Crippen LogP) is 3.00. The van der Waals surface area contributed by atoms with E-state index in [4.69, 9.17) is 0 Å². The van der Waals surface area contributed by atoms with Crippen molar-refractivity contribution in [2.45, 2.75) is 39.5 Å². The van der Waals surface area contributed by atoms with E-state index >= 15 is 0 Å². The molecule has 0 spiro atoms. The summed E-state index contributed by atoms with van der Waals surface area (Å²) in [4.78, 5) is 15.5. The van der Waals surface area contributed by atoms with Crippen LogP contribution in [0.2, 0.25) is 0 Å². The number of hydrogen-bond acceptors (Lipinski definition) is 3. The van der Waals surface area contributed by atoms with Crippen molar-refractivity contribution in [3.05, 3.63) is 22.9 Å². The van der Waals surface area contributed by atoms with Crippen molar-refractivity contribution >= 4 is 11.8 Å². The summed E-state index contributed by atoms with van der Waals surface area (Å²) in [7, 11) is 0. The summed E-state index contributed by atoms with van der Waals surface area (Å²) >= 11 is 0. The van der Waals surface area contributed by atoms with Gasteiger partial charge in [0.1, 0.15) is 11.4 Å². The summed E-state index contributed by atoms with van der Waals surface area (Å²) in [5.74, 6) is 0.512. The van der Waals surface area contributed by atoms with Gasteiger partial charge in [0.2, 0.25) is 0 Å². The first kappa shape index (κ1) is 12.9. The van der Waals surface area contributed by atoms with Crippen molar-refractivity contribution in [2.75, 3.05) is 11.9 Å². The smallest absolute Gasteiger partial charge is 0.339 e. The number of aryl methyl sites for hydroxylation is 2.